The van der Waals surface area contributed by atoms with Gasteiger partial charge in [-0.1, -0.05) is 60.7 Å². The molecule has 1 heterocycles. The van der Waals surface area contributed by atoms with Crippen LogP contribution in [0, 0.1) is 0 Å². The quantitative estimate of drug-likeness (QED) is 0.401. The third-order valence-electron chi connectivity index (χ3n) is 4.13. The van der Waals surface area contributed by atoms with E-state index in [1.165, 1.54) is 0 Å². The summed E-state index contributed by atoms with van der Waals surface area (Å²) in [6.45, 7) is 0. The molecular formula is C22H15N3O. The number of hydrogen-bond acceptors (Lipinski definition) is 3. The van der Waals surface area contributed by atoms with Gasteiger partial charge in [-0.25, -0.2) is 9.78 Å². The number of aromatic amines is 1. The summed E-state index contributed by atoms with van der Waals surface area (Å²) in [6.07, 6.45) is 1.55. The second kappa shape index (κ2) is 7.01. The Kier molecular flexibility index (Phi) is 4.25. The van der Waals surface area contributed by atoms with Crippen LogP contribution in [-0.4, -0.2) is 16.0 Å². The molecule has 0 bridgehead atoms. The Labute approximate surface area is 150 Å². The number of aliphatic imine (C=N–C) groups is 1. The van der Waals surface area contributed by atoms with Gasteiger partial charge < -0.3 is 4.98 Å². The first-order valence-electron chi connectivity index (χ1n) is 8.24. The zero-order valence-electron chi connectivity index (χ0n) is 13.9. The summed E-state index contributed by atoms with van der Waals surface area (Å²) in [6, 6.07) is 27.6. The minimum atomic E-state index is 0.571. The number of H-pyrrole nitrogens is 1. The Morgan fingerprint density at radius 2 is 1.35 bits per heavy atom. The summed E-state index contributed by atoms with van der Waals surface area (Å²) >= 11 is 0. The fourth-order valence-corrected chi connectivity index (χ4v) is 2.88. The second-order valence-electron chi connectivity index (χ2n) is 5.79. The van der Waals surface area contributed by atoms with Crippen molar-refractivity contribution in [2.45, 2.75) is 0 Å². The summed E-state index contributed by atoms with van der Waals surface area (Å²) in [5, 5.41) is 0. The number of aromatic nitrogens is 2. The average Bonchev–Trinajstić information content (AvgIpc) is 3.16. The second-order valence-corrected chi connectivity index (χ2v) is 5.79. The minimum Gasteiger partial charge on any atom is -0.337 e. The number of nitrogens with one attached hydrogen (secondary N) is 1. The van der Waals surface area contributed by atoms with Crippen molar-refractivity contribution in [3.05, 3.63) is 84.9 Å². The van der Waals surface area contributed by atoms with Gasteiger partial charge in [0.2, 0.25) is 6.08 Å². The Hall–Kier alpha value is -3.75. The van der Waals surface area contributed by atoms with Gasteiger partial charge in [-0.2, -0.15) is 4.99 Å². The lowest BCUT2D eigenvalue weighted by atomic mass is 10.1. The molecule has 0 fully saturated rings. The van der Waals surface area contributed by atoms with E-state index in [2.05, 4.69) is 22.1 Å². The molecule has 26 heavy (non-hydrogen) atoms. The summed E-state index contributed by atoms with van der Waals surface area (Å²) in [5.41, 5.74) is 5.50. The molecule has 3 aromatic carbocycles. The van der Waals surface area contributed by atoms with Crippen molar-refractivity contribution in [2.24, 2.45) is 4.99 Å². The van der Waals surface area contributed by atoms with Crippen LogP contribution >= 0.6 is 0 Å². The summed E-state index contributed by atoms with van der Waals surface area (Å²) < 4.78 is 0. The number of imidazole rings is 1. The average molecular weight is 337 g/mol. The molecule has 4 rings (SSSR count). The molecule has 0 aliphatic rings. The van der Waals surface area contributed by atoms with E-state index in [0.717, 1.165) is 33.9 Å². The maximum Gasteiger partial charge on any atom is 0.240 e. The van der Waals surface area contributed by atoms with E-state index in [-0.39, 0.29) is 0 Å². The fraction of sp³-hybridized carbons (Fsp3) is 0. The number of carbonyl (C=O) groups excluding carboxylic acids is 1. The molecule has 4 aromatic rings. The van der Waals surface area contributed by atoms with Gasteiger partial charge >= 0.3 is 0 Å². The lowest BCUT2D eigenvalue weighted by Gasteiger charge is -2.02. The molecule has 1 aromatic heterocycles. The Morgan fingerprint density at radius 3 is 1.96 bits per heavy atom. The van der Waals surface area contributed by atoms with Crippen LogP contribution in [0.5, 0.6) is 0 Å². The summed E-state index contributed by atoms with van der Waals surface area (Å²) in [5.74, 6) is 0.768. The Morgan fingerprint density at radius 1 is 0.731 bits per heavy atom. The molecule has 124 valence electrons. The van der Waals surface area contributed by atoms with Gasteiger partial charge in [0, 0.05) is 16.7 Å². The normalized spacial score (nSPS) is 10.3. The van der Waals surface area contributed by atoms with Gasteiger partial charge in [-0.05, 0) is 24.3 Å². The number of hydrogen-bond donors (Lipinski definition) is 1. The molecule has 0 spiro atoms. The molecule has 0 aliphatic carbocycles. The third kappa shape index (κ3) is 3.09. The van der Waals surface area contributed by atoms with E-state index >= 15 is 0 Å². The van der Waals surface area contributed by atoms with Crippen LogP contribution in [0.2, 0.25) is 0 Å². The maximum atomic E-state index is 10.4. The number of benzene rings is 3. The van der Waals surface area contributed by atoms with Gasteiger partial charge in [0.15, 0.2) is 0 Å². The molecule has 0 saturated heterocycles. The number of nitrogens with zero attached hydrogens (tertiary/aromatic N) is 2. The summed E-state index contributed by atoms with van der Waals surface area (Å²) in [7, 11) is 0. The number of rotatable bonds is 4. The van der Waals surface area contributed by atoms with Crippen molar-refractivity contribution in [3.63, 3.8) is 0 Å². The molecule has 0 radical (unpaired) electrons. The highest BCUT2D eigenvalue weighted by molar-refractivity contribution is 5.81. The molecule has 4 nitrogen and oxygen atoms in total. The standard InChI is InChI=1S/C22H15N3O/c26-15-23-19-13-11-18(12-14-19)22-24-20(16-7-3-1-4-8-16)21(25-22)17-9-5-2-6-10-17/h1-14H,(H,24,25). The van der Waals surface area contributed by atoms with Gasteiger partial charge in [0.25, 0.3) is 0 Å². The first-order valence-corrected chi connectivity index (χ1v) is 8.24. The first kappa shape index (κ1) is 15.8. The molecule has 0 saturated carbocycles. The third-order valence-corrected chi connectivity index (χ3v) is 4.13. The molecule has 1 N–H and O–H groups in total. The van der Waals surface area contributed by atoms with Gasteiger partial charge in [-0.15, -0.1) is 0 Å². The highest BCUT2D eigenvalue weighted by Gasteiger charge is 2.14. The molecule has 4 heteroatoms. The zero-order chi connectivity index (χ0) is 17.8. The SMILES string of the molecule is O=C=Nc1ccc(-c2nc(-c3ccccc3)c(-c3ccccc3)[nH]2)cc1. The van der Waals surface area contributed by atoms with E-state index in [1.54, 1.807) is 18.2 Å². The molecular weight excluding hydrogens is 322 g/mol. The van der Waals surface area contributed by atoms with Crippen LogP contribution in [0.3, 0.4) is 0 Å². The van der Waals surface area contributed by atoms with Gasteiger partial charge in [0.05, 0.1) is 17.1 Å². The van der Waals surface area contributed by atoms with Gasteiger partial charge in [0.1, 0.15) is 5.82 Å². The van der Waals surface area contributed by atoms with Crippen LogP contribution in [0.15, 0.2) is 89.9 Å². The molecule has 0 unspecified atom stereocenters. The van der Waals surface area contributed by atoms with Crippen LogP contribution in [0.4, 0.5) is 5.69 Å². The van der Waals surface area contributed by atoms with Crippen molar-refractivity contribution in [2.75, 3.05) is 0 Å². The van der Waals surface area contributed by atoms with Crippen LogP contribution in [-0.2, 0) is 4.79 Å². The van der Waals surface area contributed by atoms with E-state index in [1.807, 2.05) is 60.7 Å². The van der Waals surface area contributed by atoms with Crippen LogP contribution in [0.1, 0.15) is 0 Å². The topological polar surface area (TPSA) is 58.1 Å². The van der Waals surface area contributed by atoms with Crippen molar-refractivity contribution in [1.82, 2.24) is 9.97 Å². The van der Waals surface area contributed by atoms with Crippen molar-refractivity contribution < 1.29 is 4.79 Å². The largest absolute Gasteiger partial charge is 0.337 e. The maximum absolute atomic E-state index is 10.4. The molecule has 0 amide bonds. The van der Waals surface area contributed by atoms with Gasteiger partial charge in [-0.3, -0.25) is 0 Å². The predicted molar refractivity (Wildman–Crippen MR) is 103 cm³/mol. The minimum absolute atomic E-state index is 0.571. The Balaban J connectivity index is 1.84. The van der Waals surface area contributed by atoms with E-state index < -0.39 is 0 Å². The van der Waals surface area contributed by atoms with Crippen LogP contribution in [0.25, 0.3) is 33.9 Å². The van der Waals surface area contributed by atoms with Crippen molar-refractivity contribution in [3.8, 4) is 33.9 Å². The fourth-order valence-electron chi connectivity index (χ4n) is 2.88. The van der Waals surface area contributed by atoms with E-state index in [4.69, 9.17) is 4.98 Å². The van der Waals surface area contributed by atoms with E-state index in [9.17, 15) is 4.79 Å². The number of isocyanates is 1. The smallest absolute Gasteiger partial charge is 0.240 e. The lowest BCUT2D eigenvalue weighted by Crippen LogP contribution is -1.82. The van der Waals surface area contributed by atoms with Crippen molar-refractivity contribution >= 4 is 11.8 Å². The van der Waals surface area contributed by atoms with Crippen molar-refractivity contribution in [1.29, 1.82) is 0 Å². The van der Waals surface area contributed by atoms with E-state index in [0.29, 0.717) is 5.69 Å². The Bertz CT molecular complexity index is 1000. The molecule has 0 aliphatic heterocycles. The first-order chi connectivity index (χ1) is 12.8. The molecule has 0 atom stereocenters. The lowest BCUT2D eigenvalue weighted by molar-refractivity contribution is 0.565. The highest BCUT2D eigenvalue weighted by atomic mass is 16.1. The monoisotopic (exact) mass is 337 g/mol. The predicted octanol–water partition coefficient (Wildman–Crippen LogP) is 5.38. The summed E-state index contributed by atoms with van der Waals surface area (Å²) in [4.78, 5) is 22.3. The van der Waals surface area contributed by atoms with Crippen LogP contribution < -0.4 is 0 Å². The highest BCUT2D eigenvalue weighted by Crippen LogP contribution is 2.33. The zero-order valence-corrected chi connectivity index (χ0v) is 13.9.